The largest absolute Gasteiger partial charge is 0.462 e. The quantitative estimate of drug-likeness (QED) is 0.0264. The van der Waals surface area contributed by atoms with Gasteiger partial charge in [-0.15, -0.1) is 0 Å². The van der Waals surface area contributed by atoms with Crippen molar-refractivity contribution in [1.82, 2.24) is 0 Å². The van der Waals surface area contributed by atoms with Crippen LogP contribution in [-0.4, -0.2) is 37.2 Å². The molecule has 6 heteroatoms. The fraction of sp³-hybridized carbons (Fsp3) is 0.717. The number of ether oxygens (including phenoxy) is 3. The summed E-state index contributed by atoms with van der Waals surface area (Å²) in [6, 6.07) is 0. The van der Waals surface area contributed by atoms with E-state index in [0.717, 1.165) is 89.9 Å². The van der Waals surface area contributed by atoms with Crippen molar-refractivity contribution in [3.8, 4) is 0 Å². The summed E-state index contributed by atoms with van der Waals surface area (Å²) in [4.78, 5) is 37.8. The maximum Gasteiger partial charge on any atom is 0.306 e. The van der Waals surface area contributed by atoms with Crippen molar-refractivity contribution in [3.63, 3.8) is 0 Å². The van der Waals surface area contributed by atoms with E-state index in [1.807, 2.05) is 0 Å². The second-order valence-corrected chi connectivity index (χ2v) is 16.0. The molecule has 1 atom stereocenters. The van der Waals surface area contributed by atoms with E-state index in [2.05, 4.69) is 93.7 Å². The number of hydrogen-bond acceptors (Lipinski definition) is 6. The first-order valence-corrected chi connectivity index (χ1v) is 24.4. The molecule has 1 unspecified atom stereocenters. The van der Waals surface area contributed by atoms with Gasteiger partial charge in [0, 0.05) is 19.3 Å². The number of rotatable bonds is 43. The summed E-state index contributed by atoms with van der Waals surface area (Å²) in [5.41, 5.74) is 0. The average molecular weight is 823 g/mol. The summed E-state index contributed by atoms with van der Waals surface area (Å²) in [5, 5.41) is 0. The average Bonchev–Trinajstić information content (AvgIpc) is 3.23. The van der Waals surface area contributed by atoms with E-state index >= 15 is 0 Å². The van der Waals surface area contributed by atoms with Gasteiger partial charge < -0.3 is 14.2 Å². The summed E-state index contributed by atoms with van der Waals surface area (Å²) < 4.78 is 16.7. The molecular weight excluding hydrogens is 733 g/mol. The van der Waals surface area contributed by atoms with Gasteiger partial charge in [0.15, 0.2) is 6.10 Å². The molecule has 0 amide bonds. The number of carbonyl (C=O) groups is 3. The monoisotopic (exact) mass is 823 g/mol. The Hall–Kier alpha value is -3.15. The van der Waals surface area contributed by atoms with E-state index in [1.165, 1.54) is 89.9 Å². The predicted molar refractivity (Wildman–Crippen MR) is 251 cm³/mol. The van der Waals surface area contributed by atoms with Gasteiger partial charge in [-0.2, -0.15) is 0 Å². The van der Waals surface area contributed by atoms with Gasteiger partial charge in [0.25, 0.3) is 0 Å². The molecule has 0 saturated carbocycles. The van der Waals surface area contributed by atoms with Crippen LogP contribution < -0.4 is 0 Å². The van der Waals surface area contributed by atoms with Gasteiger partial charge in [-0.05, 0) is 96.3 Å². The van der Waals surface area contributed by atoms with E-state index in [4.69, 9.17) is 14.2 Å². The summed E-state index contributed by atoms with van der Waals surface area (Å²) in [7, 11) is 0. The molecule has 0 bridgehead atoms. The fourth-order valence-corrected chi connectivity index (χ4v) is 6.56. The van der Waals surface area contributed by atoms with Crippen LogP contribution in [0.1, 0.15) is 226 Å². The third kappa shape index (κ3) is 45.8. The molecule has 0 radical (unpaired) electrons. The molecule has 0 aliphatic carbocycles. The number of esters is 3. The summed E-state index contributed by atoms with van der Waals surface area (Å²) >= 11 is 0. The zero-order valence-electron chi connectivity index (χ0n) is 38.5. The molecule has 0 rings (SSSR count). The van der Waals surface area contributed by atoms with Crippen LogP contribution in [0.2, 0.25) is 0 Å². The van der Waals surface area contributed by atoms with Crippen LogP contribution in [0.5, 0.6) is 0 Å². The third-order valence-electron chi connectivity index (χ3n) is 10.2. The van der Waals surface area contributed by atoms with Crippen LogP contribution in [0.25, 0.3) is 0 Å². The van der Waals surface area contributed by atoms with Crippen molar-refractivity contribution in [1.29, 1.82) is 0 Å². The normalized spacial score (nSPS) is 12.7. The molecule has 0 heterocycles. The minimum atomic E-state index is -0.801. The standard InChI is InChI=1S/C53H90O6/c1-4-7-10-13-16-19-22-24-26-27-29-31-34-37-40-43-46-52(55)58-49-50(48-57-51(54)45-42-39-36-33-30-21-18-15-12-9-6-3)59-53(56)47-44-41-38-35-32-28-25-23-20-17-14-11-8-5-2/h8-9,11-12,17-18,20-21,26-27,33,36,50H,4-7,10,13-16,19,22-25,28-32,34-35,37-49H2,1-3H3/b11-8-,12-9-,20-17-,21-18-,27-26-,36-33-. The Labute approximate surface area is 363 Å². The molecule has 6 nitrogen and oxygen atoms in total. The Morgan fingerprint density at radius 3 is 1.12 bits per heavy atom. The zero-order valence-corrected chi connectivity index (χ0v) is 38.5. The van der Waals surface area contributed by atoms with Gasteiger partial charge >= 0.3 is 17.9 Å². The molecule has 0 saturated heterocycles. The van der Waals surface area contributed by atoms with Gasteiger partial charge in [0.2, 0.25) is 0 Å². The molecule has 0 fully saturated rings. The van der Waals surface area contributed by atoms with Crippen molar-refractivity contribution in [2.24, 2.45) is 0 Å². The lowest BCUT2D eigenvalue weighted by Crippen LogP contribution is -2.30. The zero-order chi connectivity index (χ0) is 43.0. The molecule has 0 spiro atoms. The third-order valence-corrected chi connectivity index (χ3v) is 10.2. The van der Waals surface area contributed by atoms with Crippen molar-refractivity contribution < 1.29 is 28.6 Å². The fourth-order valence-electron chi connectivity index (χ4n) is 6.56. The highest BCUT2D eigenvalue weighted by Crippen LogP contribution is 2.14. The van der Waals surface area contributed by atoms with Gasteiger partial charge in [0.05, 0.1) is 0 Å². The predicted octanol–water partition coefficient (Wildman–Crippen LogP) is 15.9. The minimum Gasteiger partial charge on any atom is -0.462 e. The number of hydrogen-bond donors (Lipinski definition) is 0. The summed E-state index contributed by atoms with van der Waals surface area (Å²) in [5.74, 6) is -0.974. The molecular formula is C53H90O6. The Kier molecular flexibility index (Phi) is 45.0. The van der Waals surface area contributed by atoms with E-state index in [9.17, 15) is 14.4 Å². The van der Waals surface area contributed by atoms with E-state index in [-0.39, 0.29) is 37.5 Å². The first-order chi connectivity index (χ1) is 29.0. The number of unbranched alkanes of at least 4 members (excludes halogenated alkanes) is 20. The molecule has 338 valence electrons. The van der Waals surface area contributed by atoms with Crippen LogP contribution in [0, 0.1) is 0 Å². The Balaban J connectivity index is 4.43. The van der Waals surface area contributed by atoms with Crippen LogP contribution >= 0.6 is 0 Å². The maximum absolute atomic E-state index is 12.8. The van der Waals surface area contributed by atoms with Crippen LogP contribution in [0.15, 0.2) is 72.9 Å². The van der Waals surface area contributed by atoms with Crippen LogP contribution in [0.3, 0.4) is 0 Å². The molecule has 0 aromatic carbocycles. The Morgan fingerprint density at radius 1 is 0.356 bits per heavy atom. The van der Waals surface area contributed by atoms with E-state index < -0.39 is 6.10 Å². The van der Waals surface area contributed by atoms with E-state index in [0.29, 0.717) is 19.3 Å². The van der Waals surface area contributed by atoms with Crippen molar-refractivity contribution in [2.75, 3.05) is 13.2 Å². The summed E-state index contributed by atoms with van der Waals surface area (Å²) in [6.07, 6.45) is 59.0. The molecule has 0 aliphatic rings. The first-order valence-electron chi connectivity index (χ1n) is 24.4. The highest BCUT2D eigenvalue weighted by atomic mass is 16.6. The Bertz CT molecular complexity index is 1130. The number of carbonyl (C=O) groups excluding carboxylic acids is 3. The minimum absolute atomic E-state index is 0.0990. The smallest absolute Gasteiger partial charge is 0.306 e. The van der Waals surface area contributed by atoms with Crippen LogP contribution in [-0.2, 0) is 28.6 Å². The second-order valence-electron chi connectivity index (χ2n) is 16.0. The molecule has 0 N–H and O–H groups in total. The summed E-state index contributed by atoms with van der Waals surface area (Å²) in [6.45, 7) is 6.34. The maximum atomic E-state index is 12.8. The van der Waals surface area contributed by atoms with Crippen LogP contribution in [0.4, 0.5) is 0 Å². The highest BCUT2D eigenvalue weighted by Gasteiger charge is 2.19. The molecule has 0 aromatic rings. The second kappa shape index (κ2) is 47.5. The topological polar surface area (TPSA) is 78.9 Å². The van der Waals surface area contributed by atoms with Gasteiger partial charge in [0.1, 0.15) is 13.2 Å². The lowest BCUT2D eigenvalue weighted by molar-refractivity contribution is -0.167. The van der Waals surface area contributed by atoms with Gasteiger partial charge in [-0.1, -0.05) is 184 Å². The van der Waals surface area contributed by atoms with E-state index in [1.54, 1.807) is 0 Å². The lowest BCUT2D eigenvalue weighted by Gasteiger charge is -2.18. The highest BCUT2D eigenvalue weighted by molar-refractivity contribution is 5.71. The van der Waals surface area contributed by atoms with Crippen molar-refractivity contribution >= 4 is 17.9 Å². The number of allylic oxidation sites excluding steroid dienone is 12. The van der Waals surface area contributed by atoms with Crippen molar-refractivity contribution in [2.45, 2.75) is 232 Å². The molecule has 0 aromatic heterocycles. The van der Waals surface area contributed by atoms with Crippen molar-refractivity contribution in [3.05, 3.63) is 72.9 Å². The Morgan fingerprint density at radius 2 is 0.678 bits per heavy atom. The molecule has 59 heavy (non-hydrogen) atoms. The first kappa shape index (κ1) is 55.9. The van der Waals surface area contributed by atoms with Gasteiger partial charge in [-0.25, -0.2) is 0 Å². The molecule has 0 aliphatic heterocycles. The SMILES string of the molecule is CC/C=C\C/C=C\C/C=C\CCCC(=O)OCC(COC(=O)CCCCCCC/C=C\CCCCCCCCC)OC(=O)CCCCCCCCC/C=C\C/C=C\CC. The van der Waals surface area contributed by atoms with Gasteiger partial charge in [-0.3, -0.25) is 14.4 Å². The lowest BCUT2D eigenvalue weighted by atomic mass is 10.1.